The molecule has 0 N–H and O–H groups in total. The van der Waals surface area contributed by atoms with Gasteiger partial charge in [-0.25, -0.2) is 4.98 Å². The first-order chi connectivity index (χ1) is 13.7. The van der Waals surface area contributed by atoms with Crippen molar-refractivity contribution in [1.29, 1.82) is 0 Å². The third kappa shape index (κ3) is 3.95. The summed E-state index contributed by atoms with van der Waals surface area (Å²) in [5.41, 5.74) is 3.86. The van der Waals surface area contributed by atoms with Gasteiger partial charge in [0, 0.05) is 44.0 Å². The smallest absolute Gasteiger partial charge is 0.274 e. The van der Waals surface area contributed by atoms with Crippen molar-refractivity contribution in [2.75, 3.05) is 20.1 Å². The summed E-state index contributed by atoms with van der Waals surface area (Å²) in [6.45, 7) is 5.21. The monoisotopic (exact) mass is 397 g/mol. The number of fused-ring (bicyclic) bond motifs is 1. The van der Waals surface area contributed by atoms with E-state index in [-0.39, 0.29) is 5.91 Å². The molecule has 28 heavy (non-hydrogen) atoms. The van der Waals surface area contributed by atoms with Crippen molar-refractivity contribution >= 4 is 22.2 Å². The van der Waals surface area contributed by atoms with E-state index in [1.165, 1.54) is 12.0 Å². The molecule has 0 bridgehead atoms. The van der Waals surface area contributed by atoms with Gasteiger partial charge >= 0.3 is 0 Å². The fraction of sp³-hybridized carbons (Fsp3) is 0.476. The maximum atomic E-state index is 13.1. The van der Waals surface area contributed by atoms with Crippen molar-refractivity contribution in [2.45, 2.75) is 45.7 Å². The Balaban J connectivity index is 1.54. The van der Waals surface area contributed by atoms with Crippen molar-refractivity contribution in [3.63, 3.8) is 0 Å². The molecule has 0 aromatic carbocycles. The van der Waals surface area contributed by atoms with Crippen LogP contribution in [-0.2, 0) is 19.5 Å². The molecule has 4 heterocycles. The zero-order valence-electron chi connectivity index (χ0n) is 16.6. The van der Waals surface area contributed by atoms with Crippen LogP contribution < -0.4 is 0 Å². The van der Waals surface area contributed by atoms with Crippen molar-refractivity contribution in [3.8, 4) is 0 Å². The van der Waals surface area contributed by atoms with E-state index in [1.54, 1.807) is 11.3 Å². The summed E-state index contributed by atoms with van der Waals surface area (Å²) >= 11 is 1.57. The summed E-state index contributed by atoms with van der Waals surface area (Å²) in [4.78, 5) is 27.4. The number of pyridine rings is 1. The molecule has 0 unspecified atom stereocenters. The number of carbonyl (C=O) groups is 1. The highest BCUT2D eigenvalue weighted by Crippen LogP contribution is 2.22. The zero-order chi connectivity index (χ0) is 19.5. The molecule has 1 amide bonds. The quantitative estimate of drug-likeness (QED) is 0.638. The van der Waals surface area contributed by atoms with Crippen LogP contribution in [0.25, 0.3) is 4.96 Å². The van der Waals surface area contributed by atoms with E-state index in [1.807, 2.05) is 22.7 Å². The Bertz CT molecular complexity index is 940. The van der Waals surface area contributed by atoms with Crippen LogP contribution in [0, 0.1) is 0 Å². The second kappa shape index (κ2) is 8.41. The zero-order valence-corrected chi connectivity index (χ0v) is 17.4. The lowest BCUT2D eigenvalue weighted by molar-refractivity contribution is 0.0716. The van der Waals surface area contributed by atoms with Crippen molar-refractivity contribution in [3.05, 3.63) is 52.6 Å². The van der Waals surface area contributed by atoms with Gasteiger partial charge in [-0.2, -0.15) is 0 Å². The Hall–Kier alpha value is -2.25. The molecule has 3 aromatic rings. The van der Waals surface area contributed by atoms with Gasteiger partial charge in [-0.1, -0.05) is 13.0 Å². The summed E-state index contributed by atoms with van der Waals surface area (Å²) < 4.78 is 2.06. The molecule has 7 heteroatoms. The number of hydrogen-bond acceptors (Lipinski definition) is 5. The first kappa shape index (κ1) is 19.1. The molecule has 1 fully saturated rings. The van der Waals surface area contributed by atoms with Crippen molar-refractivity contribution in [2.24, 2.45) is 0 Å². The molecule has 1 saturated heterocycles. The number of piperidine rings is 1. The van der Waals surface area contributed by atoms with E-state index < -0.39 is 0 Å². The lowest BCUT2D eigenvalue weighted by atomic mass is 10.1. The predicted octanol–water partition coefficient (Wildman–Crippen LogP) is 3.61. The van der Waals surface area contributed by atoms with Crippen LogP contribution in [0.3, 0.4) is 0 Å². The molecule has 6 nitrogen and oxygen atoms in total. The molecular formula is C21H27N5OS. The Morgan fingerprint density at radius 3 is 2.75 bits per heavy atom. The number of rotatable bonds is 6. The van der Waals surface area contributed by atoms with Gasteiger partial charge in [-0.05, 0) is 44.4 Å². The van der Waals surface area contributed by atoms with Gasteiger partial charge in [0.05, 0.1) is 11.4 Å². The lowest BCUT2D eigenvalue weighted by Gasteiger charge is -2.26. The topological polar surface area (TPSA) is 53.7 Å². The van der Waals surface area contributed by atoms with E-state index in [2.05, 4.69) is 45.4 Å². The first-order valence-electron chi connectivity index (χ1n) is 10.0. The molecule has 4 rings (SSSR count). The number of thiazole rings is 1. The van der Waals surface area contributed by atoms with Gasteiger partial charge < -0.3 is 4.90 Å². The number of aryl methyl sites for hydroxylation is 1. The molecule has 0 saturated carbocycles. The maximum Gasteiger partial charge on any atom is 0.274 e. The van der Waals surface area contributed by atoms with Gasteiger partial charge in [-0.15, -0.1) is 11.3 Å². The Morgan fingerprint density at radius 1 is 1.21 bits per heavy atom. The fourth-order valence-electron chi connectivity index (χ4n) is 3.75. The second-order valence-corrected chi connectivity index (χ2v) is 8.37. The molecule has 0 aliphatic carbocycles. The number of aromatic nitrogens is 3. The van der Waals surface area contributed by atoms with Crippen LogP contribution in [-0.4, -0.2) is 50.2 Å². The van der Waals surface area contributed by atoms with Crippen LogP contribution in [0.5, 0.6) is 0 Å². The normalized spacial score (nSPS) is 14.9. The average molecular weight is 398 g/mol. The highest BCUT2D eigenvalue weighted by Gasteiger charge is 2.26. The van der Waals surface area contributed by atoms with Gasteiger partial charge in [0.15, 0.2) is 10.7 Å². The molecule has 0 radical (unpaired) electrons. The molecular weight excluding hydrogens is 370 g/mol. The number of hydrogen-bond donors (Lipinski definition) is 0. The van der Waals surface area contributed by atoms with Gasteiger partial charge in [-0.3, -0.25) is 19.1 Å². The van der Waals surface area contributed by atoms with E-state index in [0.29, 0.717) is 12.2 Å². The van der Waals surface area contributed by atoms with E-state index in [4.69, 9.17) is 0 Å². The van der Waals surface area contributed by atoms with E-state index >= 15 is 0 Å². The number of likely N-dealkylation sites (tertiary alicyclic amines) is 1. The summed E-state index contributed by atoms with van der Waals surface area (Å²) in [7, 11) is 2.07. The Labute approximate surface area is 169 Å². The van der Waals surface area contributed by atoms with Gasteiger partial charge in [0.1, 0.15) is 0 Å². The summed E-state index contributed by atoms with van der Waals surface area (Å²) in [5.74, 6) is 0.0735. The summed E-state index contributed by atoms with van der Waals surface area (Å²) in [6, 6.07) is 4.23. The van der Waals surface area contributed by atoms with Gasteiger partial charge in [0.2, 0.25) is 0 Å². The molecule has 0 spiro atoms. The van der Waals surface area contributed by atoms with Crippen LogP contribution >= 0.6 is 11.3 Å². The summed E-state index contributed by atoms with van der Waals surface area (Å²) in [5, 5.41) is 2.02. The SMILES string of the molecule is CCc1ccc(CN(C)Cc2c(C(=O)N3CCCCC3)nc3sccn23)nc1. The van der Waals surface area contributed by atoms with Crippen molar-refractivity contribution < 1.29 is 4.79 Å². The first-order valence-corrected chi connectivity index (χ1v) is 10.9. The van der Waals surface area contributed by atoms with Crippen LogP contribution in [0.1, 0.15) is 53.6 Å². The Morgan fingerprint density at radius 2 is 2.04 bits per heavy atom. The number of amides is 1. The summed E-state index contributed by atoms with van der Waals surface area (Å²) in [6.07, 6.45) is 8.34. The molecule has 148 valence electrons. The molecule has 1 aliphatic rings. The molecule has 3 aromatic heterocycles. The minimum Gasteiger partial charge on any atom is -0.337 e. The second-order valence-electron chi connectivity index (χ2n) is 7.50. The standard InChI is InChI=1S/C21H27N5OS/c1-3-16-7-8-17(22-13-16)14-24(2)15-18-19(23-21-26(18)11-12-28-21)20(27)25-9-5-4-6-10-25/h7-8,11-13H,3-6,9-10,14-15H2,1-2H3. The largest absolute Gasteiger partial charge is 0.337 e. The van der Waals surface area contributed by atoms with Crippen LogP contribution in [0.2, 0.25) is 0 Å². The molecule has 1 aliphatic heterocycles. The Kier molecular flexibility index (Phi) is 5.73. The van der Waals surface area contributed by atoms with Crippen molar-refractivity contribution in [1.82, 2.24) is 24.2 Å². The van der Waals surface area contributed by atoms with Crippen LogP contribution in [0.15, 0.2) is 29.9 Å². The third-order valence-electron chi connectivity index (χ3n) is 5.35. The minimum atomic E-state index is 0.0735. The van der Waals surface area contributed by atoms with E-state index in [9.17, 15) is 4.79 Å². The number of carbonyl (C=O) groups excluding carboxylic acids is 1. The van der Waals surface area contributed by atoms with E-state index in [0.717, 1.165) is 55.2 Å². The third-order valence-corrected chi connectivity index (χ3v) is 6.11. The highest BCUT2D eigenvalue weighted by molar-refractivity contribution is 7.15. The predicted molar refractivity (Wildman–Crippen MR) is 112 cm³/mol. The van der Waals surface area contributed by atoms with Gasteiger partial charge in [0.25, 0.3) is 5.91 Å². The lowest BCUT2D eigenvalue weighted by Crippen LogP contribution is -2.36. The minimum absolute atomic E-state index is 0.0735. The maximum absolute atomic E-state index is 13.1. The number of imidazole rings is 1. The highest BCUT2D eigenvalue weighted by atomic mass is 32.1. The van der Waals surface area contributed by atoms with Crippen LogP contribution in [0.4, 0.5) is 0 Å². The fourth-order valence-corrected chi connectivity index (χ4v) is 4.48. The average Bonchev–Trinajstić information content (AvgIpc) is 3.31. The molecule has 0 atom stereocenters. The number of nitrogens with zero attached hydrogens (tertiary/aromatic N) is 5.